The zero-order chi connectivity index (χ0) is 16.8. The van der Waals surface area contributed by atoms with E-state index in [1.807, 2.05) is 0 Å². The van der Waals surface area contributed by atoms with Crippen molar-refractivity contribution in [2.24, 2.45) is 0 Å². The van der Waals surface area contributed by atoms with Gasteiger partial charge in [-0.05, 0) is 39.2 Å². The van der Waals surface area contributed by atoms with E-state index in [9.17, 15) is 48.3 Å². The van der Waals surface area contributed by atoms with E-state index < -0.39 is 39.5 Å². The van der Waals surface area contributed by atoms with E-state index in [2.05, 4.69) is 0 Å². The standard InChI is InChI=1S/C8H4F11I/c1-3(20)2-4(9,7(14,15)16)5(10,11)6(12,13)8(17,18)19/h2H,1H3. The molecule has 0 spiro atoms. The molecule has 0 N–H and O–H groups in total. The quantitative estimate of drug-likeness (QED) is 0.409. The predicted molar refractivity (Wildman–Crippen MR) is 53.6 cm³/mol. The fourth-order valence-electron chi connectivity index (χ4n) is 1.03. The van der Waals surface area contributed by atoms with E-state index in [1.165, 1.54) is 0 Å². The molecule has 0 aromatic carbocycles. The molecular weight excluding hydrogens is 432 g/mol. The number of halogens is 12. The molecule has 0 saturated heterocycles. The molecule has 0 saturated carbocycles. The number of alkyl halides is 11. The van der Waals surface area contributed by atoms with Crippen molar-refractivity contribution in [1.82, 2.24) is 0 Å². The van der Waals surface area contributed by atoms with Crippen LogP contribution >= 0.6 is 22.6 Å². The lowest BCUT2D eigenvalue weighted by Crippen LogP contribution is -2.66. The molecule has 1 unspecified atom stereocenters. The minimum absolute atomic E-state index is 0.614. The molecule has 1 atom stereocenters. The van der Waals surface area contributed by atoms with Crippen LogP contribution in [0.1, 0.15) is 6.92 Å². The normalized spacial score (nSPS) is 18.9. The largest absolute Gasteiger partial charge is 0.460 e. The number of hydrogen-bond acceptors (Lipinski definition) is 0. The summed E-state index contributed by atoms with van der Waals surface area (Å²) in [5, 5.41) is 0. The van der Waals surface area contributed by atoms with Gasteiger partial charge in [-0.15, -0.1) is 0 Å². The lowest BCUT2D eigenvalue weighted by atomic mass is 9.90. The maximum atomic E-state index is 13.4. The molecular formula is C8H4F11I. The summed E-state index contributed by atoms with van der Waals surface area (Å²) >= 11 is 0.858. The molecule has 0 aromatic heterocycles. The molecule has 0 rings (SSSR count). The summed E-state index contributed by atoms with van der Waals surface area (Å²) in [7, 11) is 0. The minimum Gasteiger partial charge on any atom is -0.222 e. The second-order valence-electron chi connectivity index (χ2n) is 3.59. The molecule has 120 valence electrons. The first-order valence-electron chi connectivity index (χ1n) is 4.35. The van der Waals surface area contributed by atoms with Gasteiger partial charge in [-0.3, -0.25) is 0 Å². The third-order valence-corrected chi connectivity index (χ3v) is 2.33. The Labute approximate surface area is 118 Å². The molecule has 0 heterocycles. The van der Waals surface area contributed by atoms with Gasteiger partial charge in [0.15, 0.2) is 0 Å². The van der Waals surface area contributed by atoms with Crippen molar-refractivity contribution in [2.45, 2.75) is 36.8 Å². The van der Waals surface area contributed by atoms with Gasteiger partial charge in [-0.25, -0.2) is 4.39 Å². The first-order valence-corrected chi connectivity index (χ1v) is 5.42. The zero-order valence-electron chi connectivity index (χ0n) is 9.11. The van der Waals surface area contributed by atoms with E-state index in [4.69, 9.17) is 0 Å². The van der Waals surface area contributed by atoms with Crippen LogP contribution in [0.2, 0.25) is 0 Å². The third-order valence-electron chi connectivity index (χ3n) is 2.02. The van der Waals surface area contributed by atoms with Crippen LogP contribution in [-0.4, -0.2) is 29.9 Å². The fraction of sp³-hybridized carbons (Fsp3) is 0.750. The Morgan fingerprint density at radius 3 is 1.25 bits per heavy atom. The van der Waals surface area contributed by atoms with Gasteiger partial charge in [0.25, 0.3) is 5.67 Å². The summed E-state index contributed by atoms with van der Waals surface area (Å²) < 4.78 is 136. The molecule has 0 radical (unpaired) electrons. The van der Waals surface area contributed by atoms with Crippen molar-refractivity contribution in [1.29, 1.82) is 0 Å². The first-order chi connectivity index (χ1) is 8.42. The Morgan fingerprint density at radius 2 is 1.05 bits per heavy atom. The SMILES string of the molecule is CC(I)=CC(F)(C(F)(F)F)C(F)(F)C(F)(F)C(F)(F)F. The maximum Gasteiger partial charge on any atom is 0.460 e. The average molecular weight is 436 g/mol. The van der Waals surface area contributed by atoms with Gasteiger partial charge in [0.1, 0.15) is 0 Å². The van der Waals surface area contributed by atoms with Crippen LogP contribution in [0.15, 0.2) is 9.66 Å². The maximum absolute atomic E-state index is 13.4. The summed E-state index contributed by atoms with van der Waals surface area (Å²) in [6.45, 7) is 0.614. The van der Waals surface area contributed by atoms with Crippen molar-refractivity contribution < 1.29 is 48.3 Å². The summed E-state index contributed by atoms with van der Waals surface area (Å²) in [6, 6.07) is 0. The van der Waals surface area contributed by atoms with Crippen LogP contribution in [0, 0.1) is 0 Å². The summed E-state index contributed by atoms with van der Waals surface area (Å²) in [5.74, 6) is -14.3. The Hall–Kier alpha value is -0.300. The lowest BCUT2D eigenvalue weighted by molar-refractivity contribution is -0.402. The molecule has 0 aromatic rings. The van der Waals surface area contributed by atoms with E-state index in [1.54, 1.807) is 0 Å². The van der Waals surface area contributed by atoms with Crippen molar-refractivity contribution in [3.63, 3.8) is 0 Å². The van der Waals surface area contributed by atoms with E-state index >= 15 is 0 Å². The number of hydrogen-bond donors (Lipinski definition) is 0. The monoisotopic (exact) mass is 436 g/mol. The molecule has 12 heteroatoms. The van der Waals surface area contributed by atoms with Crippen molar-refractivity contribution in [2.75, 3.05) is 0 Å². The van der Waals surface area contributed by atoms with Crippen LogP contribution in [0.3, 0.4) is 0 Å². The van der Waals surface area contributed by atoms with Gasteiger partial charge in [-0.1, -0.05) is 0 Å². The fourth-order valence-corrected chi connectivity index (χ4v) is 1.46. The van der Waals surface area contributed by atoms with Crippen molar-refractivity contribution in [3.8, 4) is 0 Å². The van der Waals surface area contributed by atoms with Crippen LogP contribution in [0.25, 0.3) is 0 Å². The van der Waals surface area contributed by atoms with Crippen LogP contribution in [0.4, 0.5) is 48.3 Å². The number of rotatable bonds is 3. The molecule has 0 fully saturated rings. The van der Waals surface area contributed by atoms with E-state index in [-0.39, 0.29) is 0 Å². The highest BCUT2D eigenvalue weighted by molar-refractivity contribution is 14.1. The molecule has 0 aliphatic heterocycles. The van der Waals surface area contributed by atoms with Gasteiger partial charge in [0.05, 0.1) is 0 Å². The first kappa shape index (κ1) is 19.7. The van der Waals surface area contributed by atoms with Crippen molar-refractivity contribution in [3.05, 3.63) is 9.66 Å². The van der Waals surface area contributed by atoms with E-state index in [0.717, 1.165) is 22.6 Å². The highest BCUT2D eigenvalue weighted by Crippen LogP contribution is 2.57. The highest BCUT2D eigenvalue weighted by atomic mass is 127. The second-order valence-corrected chi connectivity index (χ2v) is 5.29. The van der Waals surface area contributed by atoms with Gasteiger partial charge in [0.2, 0.25) is 0 Å². The Kier molecular flexibility index (Phi) is 5.08. The lowest BCUT2D eigenvalue weighted by Gasteiger charge is -2.37. The number of allylic oxidation sites excluding steroid dienone is 2. The van der Waals surface area contributed by atoms with Crippen molar-refractivity contribution >= 4 is 22.6 Å². The molecule has 0 aliphatic rings. The zero-order valence-corrected chi connectivity index (χ0v) is 11.3. The van der Waals surface area contributed by atoms with Gasteiger partial charge < -0.3 is 0 Å². The Bertz CT molecular complexity index is 386. The summed E-state index contributed by atoms with van der Waals surface area (Å²) in [6.07, 6.45) is -14.8. The smallest absolute Gasteiger partial charge is 0.222 e. The van der Waals surface area contributed by atoms with Crippen LogP contribution in [-0.2, 0) is 0 Å². The topological polar surface area (TPSA) is 0 Å². The van der Waals surface area contributed by atoms with Crippen LogP contribution < -0.4 is 0 Å². The molecule has 20 heavy (non-hydrogen) atoms. The van der Waals surface area contributed by atoms with Gasteiger partial charge >= 0.3 is 24.2 Å². The second kappa shape index (κ2) is 5.16. The van der Waals surface area contributed by atoms with Gasteiger partial charge in [0, 0.05) is 0 Å². The highest BCUT2D eigenvalue weighted by Gasteiger charge is 2.85. The molecule has 0 aliphatic carbocycles. The Morgan fingerprint density at radius 1 is 0.700 bits per heavy atom. The minimum atomic E-state index is -7.22. The Balaban J connectivity index is 6.29. The predicted octanol–water partition coefficient (Wildman–Crippen LogP) is 5.43. The summed E-state index contributed by atoms with van der Waals surface area (Å²) in [5.41, 5.74) is -6.18. The van der Waals surface area contributed by atoms with E-state index in [0.29, 0.717) is 6.92 Å². The van der Waals surface area contributed by atoms with Gasteiger partial charge in [-0.2, -0.15) is 43.9 Å². The summed E-state index contributed by atoms with van der Waals surface area (Å²) in [4.78, 5) is 0. The molecule has 0 nitrogen and oxygen atoms in total. The van der Waals surface area contributed by atoms with Crippen LogP contribution in [0.5, 0.6) is 0 Å². The molecule has 0 amide bonds. The third kappa shape index (κ3) is 2.98. The average Bonchev–Trinajstić information content (AvgIpc) is 2.11. The molecule has 0 bridgehead atoms.